The van der Waals surface area contributed by atoms with Gasteiger partial charge in [0.15, 0.2) is 6.61 Å². The van der Waals surface area contributed by atoms with E-state index in [0.717, 1.165) is 25.7 Å². The Labute approximate surface area is 145 Å². The van der Waals surface area contributed by atoms with E-state index in [1.807, 2.05) is 0 Å². The number of alkyl halides is 4. The van der Waals surface area contributed by atoms with Gasteiger partial charge < -0.3 is 9.47 Å². The molecular formula is C17H26F4O4. The van der Waals surface area contributed by atoms with Gasteiger partial charge >= 0.3 is 24.3 Å². The van der Waals surface area contributed by atoms with Gasteiger partial charge in [0.05, 0.1) is 12.8 Å². The van der Waals surface area contributed by atoms with Gasteiger partial charge in [0, 0.05) is 0 Å². The predicted octanol–water partition coefficient (Wildman–Crippen LogP) is 4.36. The molecule has 0 unspecified atom stereocenters. The highest BCUT2D eigenvalue weighted by Gasteiger charge is 2.42. The Hall–Kier alpha value is -1.34. The molecular weight excluding hydrogens is 344 g/mol. The first-order valence-electron chi connectivity index (χ1n) is 8.43. The highest BCUT2D eigenvalue weighted by atomic mass is 19.3. The second kappa shape index (κ2) is 8.85. The SMILES string of the molecule is CC(C)(C)C1CCC(OC(=O)CCC(=O)OCC(F)(F)C(F)F)CC1. The van der Waals surface area contributed by atoms with E-state index in [1.54, 1.807) is 0 Å². The lowest BCUT2D eigenvalue weighted by Gasteiger charge is -2.36. The van der Waals surface area contributed by atoms with Gasteiger partial charge in [0.2, 0.25) is 0 Å². The van der Waals surface area contributed by atoms with Crippen LogP contribution in [0.2, 0.25) is 0 Å². The molecule has 8 heteroatoms. The summed E-state index contributed by atoms with van der Waals surface area (Å²) in [6.07, 6.45) is -1.51. The van der Waals surface area contributed by atoms with Crippen LogP contribution >= 0.6 is 0 Å². The minimum absolute atomic E-state index is 0.203. The number of halogens is 4. The molecule has 0 N–H and O–H groups in total. The molecule has 0 bridgehead atoms. The number of carbonyl (C=O) groups excluding carboxylic acids is 2. The fraction of sp³-hybridized carbons (Fsp3) is 0.882. The van der Waals surface area contributed by atoms with Crippen molar-refractivity contribution < 1.29 is 36.6 Å². The predicted molar refractivity (Wildman–Crippen MR) is 82.4 cm³/mol. The van der Waals surface area contributed by atoms with Crippen LogP contribution in [0, 0.1) is 11.3 Å². The summed E-state index contributed by atoms with van der Waals surface area (Å²) in [7, 11) is 0. The number of ether oxygens (including phenoxy) is 2. The van der Waals surface area contributed by atoms with Gasteiger partial charge in [-0.1, -0.05) is 20.8 Å². The molecule has 1 aliphatic carbocycles. The molecule has 1 fully saturated rings. The zero-order chi connectivity index (χ0) is 19.3. The second-order valence-corrected chi connectivity index (χ2v) is 7.55. The van der Waals surface area contributed by atoms with Crippen LogP contribution in [0.4, 0.5) is 17.6 Å². The van der Waals surface area contributed by atoms with Crippen LogP contribution in [0.1, 0.15) is 59.3 Å². The van der Waals surface area contributed by atoms with Crippen molar-refractivity contribution in [2.24, 2.45) is 11.3 Å². The Balaban J connectivity index is 2.24. The van der Waals surface area contributed by atoms with Crippen molar-refractivity contribution in [1.82, 2.24) is 0 Å². The first-order valence-corrected chi connectivity index (χ1v) is 8.43. The van der Waals surface area contributed by atoms with E-state index in [0.29, 0.717) is 5.92 Å². The summed E-state index contributed by atoms with van der Waals surface area (Å²) in [6.45, 7) is 4.82. The Bertz CT molecular complexity index is 452. The van der Waals surface area contributed by atoms with Crippen molar-refractivity contribution in [3.63, 3.8) is 0 Å². The average Bonchev–Trinajstić information content (AvgIpc) is 2.50. The van der Waals surface area contributed by atoms with Crippen LogP contribution in [0.25, 0.3) is 0 Å². The van der Waals surface area contributed by atoms with Gasteiger partial charge in [-0.15, -0.1) is 0 Å². The Morgan fingerprint density at radius 1 is 1.00 bits per heavy atom. The largest absolute Gasteiger partial charge is 0.462 e. The lowest BCUT2D eigenvalue weighted by atomic mass is 9.72. The van der Waals surface area contributed by atoms with E-state index in [9.17, 15) is 27.2 Å². The molecule has 0 aliphatic heterocycles. The van der Waals surface area contributed by atoms with E-state index in [-0.39, 0.29) is 17.9 Å². The molecule has 0 heterocycles. The molecule has 0 radical (unpaired) electrons. The van der Waals surface area contributed by atoms with Gasteiger partial charge in [-0.25, -0.2) is 8.78 Å². The summed E-state index contributed by atoms with van der Waals surface area (Å²) in [5.74, 6) is -5.57. The zero-order valence-electron chi connectivity index (χ0n) is 14.8. The lowest BCUT2D eigenvalue weighted by Crippen LogP contribution is -2.33. The highest BCUT2D eigenvalue weighted by Crippen LogP contribution is 2.38. The Morgan fingerprint density at radius 2 is 1.52 bits per heavy atom. The monoisotopic (exact) mass is 370 g/mol. The maximum atomic E-state index is 12.6. The summed E-state index contributed by atoms with van der Waals surface area (Å²) >= 11 is 0. The molecule has 25 heavy (non-hydrogen) atoms. The van der Waals surface area contributed by atoms with Crippen LogP contribution in [-0.4, -0.2) is 37.0 Å². The number of esters is 2. The van der Waals surface area contributed by atoms with Crippen molar-refractivity contribution in [2.75, 3.05) is 6.61 Å². The van der Waals surface area contributed by atoms with E-state index in [4.69, 9.17) is 4.74 Å². The number of carbonyl (C=O) groups is 2. The van der Waals surface area contributed by atoms with Gasteiger partial charge in [0.25, 0.3) is 0 Å². The number of hydrogen-bond acceptors (Lipinski definition) is 4. The molecule has 0 aromatic carbocycles. The molecule has 4 nitrogen and oxygen atoms in total. The molecule has 0 saturated heterocycles. The highest BCUT2D eigenvalue weighted by molar-refractivity contribution is 5.77. The summed E-state index contributed by atoms with van der Waals surface area (Å²) in [4.78, 5) is 23.0. The van der Waals surface area contributed by atoms with E-state index >= 15 is 0 Å². The smallest absolute Gasteiger partial charge is 0.340 e. The van der Waals surface area contributed by atoms with Crippen molar-refractivity contribution in [2.45, 2.75) is 77.7 Å². The third kappa shape index (κ3) is 7.61. The molecule has 0 aromatic rings. The molecule has 1 aliphatic rings. The van der Waals surface area contributed by atoms with E-state index in [2.05, 4.69) is 25.5 Å². The Kier molecular flexibility index (Phi) is 7.68. The molecule has 0 spiro atoms. The topological polar surface area (TPSA) is 52.6 Å². The normalized spacial score (nSPS) is 21.9. The quantitative estimate of drug-likeness (QED) is 0.494. The summed E-state index contributed by atoms with van der Waals surface area (Å²) in [5, 5.41) is 0. The van der Waals surface area contributed by atoms with Gasteiger partial charge in [-0.05, 0) is 37.0 Å². The first kappa shape index (κ1) is 21.7. The third-order valence-electron chi connectivity index (χ3n) is 4.48. The van der Waals surface area contributed by atoms with Crippen LogP contribution in [0.5, 0.6) is 0 Å². The molecule has 0 amide bonds. The molecule has 0 atom stereocenters. The van der Waals surface area contributed by atoms with E-state index < -0.39 is 37.3 Å². The van der Waals surface area contributed by atoms with Gasteiger partial charge in [-0.2, -0.15) is 8.78 Å². The van der Waals surface area contributed by atoms with Gasteiger partial charge in [-0.3, -0.25) is 9.59 Å². The molecule has 146 valence electrons. The van der Waals surface area contributed by atoms with Crippen molar-refractivity contribution in [3.05, 3.63) is 0 Å². The van der Waals surface area contributed by atoms with Crippen molar-refractivity contribution in [3.8, 4) is 0 Å². The summed E-state index contributed by atoms with van der Waals surface area (Å²) < 4.78 is 58.4. The van der Waals surface area contributed by atoms with Crippen LogP contribution in [0.3, 0.4) is 0 Å². The summed E-state index contributed by atoms with van der Waals surface area (Å²) in [6, 6.07) is 0. The van der Waals surface area contributed by atoms with Crippen molar-refractivity contribution in [1.29, 1.82) is 0 Å². The van der Waals surface area contributed by atoms with E-state index in [1.165, 1.54) is 0 Å². The first-order chi connectivity index (χ1) is 11.4. The maximum Gasteiger partial charge on any atom is 0.340 e. The maximum absolute atomic E-state index is 12.6. The molecule has 0 aromatic heterocycles. The van der Waals surface area contributed by atoms with Crippen molar-refractivity contribution >= 4 is 11.9 Å². The minimum Gasteiger partial charge on any atom is -0.462 e. The zero-order valence-corrected chi connectivity index (χ0v) is 14.8. The Morgan fingerprint density at radius 3 is 2.00 bits per heavy atom. The van der Waals surface area contributed by atoms with Crippen LogP contribution in [-0.2, 0) is 19.1 Å². The fourth-order valence-corrected chi connectivity index (χ4v) is 2.81. The number of hydrogen-bond donors (Lipinski definition) is 0. The second-order valence-electron chi connectivity index (χ2n) is 7.55. The fourth-order valence-electron chi connectivity index (χ4n) is 2.81. The number of rotatable bonds is 7. The average molecular weight is 370 g/mol. The van der Waals surface area contributed by atoms with Crippen LogP contribution < -0.4 is 0 Å². The molecule has 1 saturated carbocycles. The third-order valence-corrected chi connectivity index (χ3v) is 4.48. The minimum atomic E-state index is -4.39. The standard InChI is InChI=1S/C17H26F4O4/c1-16(2,3)11-4-6-12(7-5-11)25-14(23)9-8-13(22)24-10-17(20,21)15(18)19/h11-12,15H,4-10H2,1-3H3. The molecule has 1 rings (SSSR count). The van der Waals surface area contributed by atoms with Crippen LogP contribution in [0.15, 0.2) is 0 Å². The summed E-state index contributed by atoms with van der Waals surface area (Å²) in [5.41, 5.74) is 0.207. The lowest BCUT2D eigenvalue weighted by molar-refractivity contribution is -0.180. The van der Waals surface area contributed by atoms with Gasteiger partial charge in [0.1, 0.15) is 6.10 Å².